The van der Waals surface area contributed by atoms with Crippen LogP contribution in [0.2, 0.25) is 0 Å². The second kappa shape index (κ2) is 5.70. The molecule has 0 saturated carbocycles. The smallest absolute Gasteiger partial charge is 0.0794 e. The lowest BCUT2D eigenvalue weighted by atomic mass is 10.1. The van der Waals surface area contributed by atoms with Crippen LogP contribution < -0.4 is 11.3 Å². The van der Waals surface area contributed by atoms with E-state index in [2.05, 4.69) is 22.3 Å². The van der Waals surface area contributed by atoms with Gasteiger partial charge in [-0.2, -0.15) is 0 Å². The summed E-state index contributed by atoms with van der Waals surface area (Å²) in [4.78, 5) is 5.17. The van der Waals surface area contributed by atoms with Gasteiger partial charge in [0, 0.05) is 17.5 Å². The molecule has 1 unspecified atom stereocenters. The first-order chi connectivity index (χ1) is 6.38. The number of aromatic nitrogens is 1. The first-order valence-electron chi connectivity index (χ1n) is 4.12. The number of hydrogen-bond donors (Lipinski definition) is 2. The lowest BCUT2D eigenvalue weighted by Crippen LogP contribution is -2.27. The summed E-state index contributed by atoms with van der Waals surface area (Å²) in [6.07, 6.45) is 3.64. The summed E-state index contributed by atoms with van der Waals surface area (Å²) in [7, 11) is 0. The van der Waals surface area contributed by atoms with Gasteiger partial charge in [0.05, 0.1) is 11.6 Å². The van der Waals surface area contributed by atoms with Gasteiger partial charge < -0.3 is 0 Å². The van der Waals surface area contributed by atoms with Gasteiger partial charge in [-0.25, -0.2) is 0 Å². The van der Waals surface area contributed by atoms with E-state index in [0.717, 1.165) is 12.8 Å². The summed E-state index contributed by atoms with van der Waals surface area (Å²) in [6, 6.07) is 0.188. The number of hydrogen-bond acceptors (Lipinski definition) is 4. The van der Waals surface area contributed by atoms with Crippen molar-refractivity contribution < 1.29 is 0 Å². The summed E-state index contributed by atoms with van der Waals surface area (Å²) < 4.78 is 0. The van der Waals surface area contributed by atoms with Crippen LogP contribution in [0.25, 0.3) is 0 Å². The van der Waals surface area contributed by atoms with Crippen molar-refractivity contribution in [1.82, 2.24) is 10.4 Å². The molecule has 3 nitrogen and oxygen atoms in total. The Morgan fingerprint density at radius 2 is 2.62 bits per heavy atom. The van der Waals surface area contributed by atoms with Crippen LogP contribution in [0.5, 0.6) is 0 Å². The molecular formula is C9H13N3S. The van der Waals surface area contributed by atoms with Crippen molar-refractivity contribution in [2.24, 2.45) is 5.84 Å². The zero-order valence-corrected chi connectivity index (χ0v) is 8.40. The minimum atomic E-state index is 0.188. The molecule has 1 rings (SSSR count). The highest BCUT2D eigenvalue weighted by atomic mass is 32.1. The highest BCUT2D eigenvalue weighted by Crippen LogP contribution is 2.20. The second-order valence-electron chi connectivity index (χ2n) is 2.59. The lowest BCUT2D eigenvalue weighted by molar-refractivity contribution is 0.531. The van der Waals surface area contributed by atoms with Crippen molar-refractivity contribution >= 4 is 11.3 Å². The third-order valence-electron chi connectivity index (χ3n) is 1.73. The van der Waals surface area contributed by atoms with E-state index in [1.165, 1.54) is 4.88 Å². The molecule has 0 aliphatic heterocycles. The molecule has 13 heavy (non-hydrogen) atoms. The summed E-state index contributed by atoms with van der Waals surface area (Å²) in [5.74, 6) is 11.3. The highest BCUT2D eigenvalue weighted by Gasteiger charge is 2.09. The van der Waals surface area contributed by atoms with Crippen LogP contribution in [0.4, 0.5) is 0 Å². The number of nitrogens with one attached hydrogen (secondary N) is 1. The van der Waals surface area contributed by atoms with Crippen LogP contribution in [0, 0.1) is 11.8 Å². The highest BCUT2D eigenvalue weighted by molar-refractivity contribution is 7.09. The van der Waals surface area contributed by atoms with Crippen LogP contribution in [-0.2, 0) is 0 Å². The van der Waals surface area contributed by atoms with Gasteiger partial charge in [-0.15, -0.1) is 23.2 Å². The summed E-state index contributed by atoms with van der Waals surface area (Å²) in [5, 5.41) is 0. The van der Waals surface area contributed by atoms with E-state index < -0.39 is 0 Å². The van der Waals surface area contributed by atoms with Gasteiger partial charge in [0.2, 0.25) is 0 Å². The second-order valence-corrected chi connectivity index (χ2v) is 3.51. The predicted molar refractivity (Wildman–Crippen MR) is 54.9 cm³/mol. The number of thiazole rings is 1. The molecule has 0 aliphatic rings. The van der Waals surface area contributed by atoms with E-state index in [1.54, 1.807) is 11.3 Å². The average Bonchev–Trinajstić information content (AvgIpc) is 2.65. The molecule has 0 amide bonds. The van der Waals surface area contributed by atoms with Crippen molar-refractivity contribution in [3.63, 3.8) is 0 Å². The Hall–Kier alpha value is -0.890. The SMILES string of the molecule is CC#CCCC(NN)c1cncs1. The Bertz CT molecular complexity index is 284. The molecule has 0 aromatic carbocycles. The van der Waals surface area contributed by atoms with E-state index in [0.29, 0.717) is 0 Å². The maximum absolute atomic E-state index is 5.43. The Kier molecular flexibility index (Phi) is 4.47. The van der Waals surface area contributed by atoms with E-state index in [4.69, 9.17) is 5.84 Å². The Balaban J connectivity index is 2.47. The van der Waals surface area contributed by atoms with E-state index in [1.807, 2.05) is 18.6 Å². The summed E-state index contributed by atoms with van der Waals surface area (Å²) in [5.41, 5.74) is 4.58. The zero-order chi connectivity index (χ0) is 9.52. The monoisotopic (exact) mass is 195 g/mol. The summed E-state index contributed by atoms with van der Waals surface area (Å²) in [6.45, 7) is 1.84. The molecule has 0 saturated heterocycles. The normalized spacial score (nSPS) is 11.8. The van der Waals surface area contributed by atoms with Crippen LogP contribution in [0.1, 0.15) is 30.7 Å². The lowest BCUT2D eigenvalue weighted by Gasteiger charge is -2.10. The third kappa shape index (κ3) is 3.15. The maximum Gasteiger partial charge on any atom is 0.0794 e. The molecule has 70 valence electrons. The molecular weight excluding hydrogens is 182 g/mol. The van der Waals surface area contributed by atoms with Gasteiger partial charge in [-0.3, -0.25) is 16.3 Å². The Morgan fingerprint density at radius 1 is 1.77 bits per heavy atom. The third-order valence-corrected chi connectivity index (χ3v) is 2.62. The van der Waals surface area contributed by atoms with E-state index >= 15 is 0 Å². The minimum absolute atomic E-state index is 0.188. The van der Waals surface area contributed by atoms with Gasteiger partial charge >= 0.3 is 0 Å². The van der Waals surface area contributed by atoms with E-state index in [-0.39, 0.29) is 6.04 Å². The largest absolute Gasteiger partial charge is 0.271 e. The van der Waals surface area contributed by atoms with Crippen LogP contribution in [0.3, 0.4) is 0 Å². The fraction of sp³-hybridized carbons (Fsp3) is 0.444. The number of rotatable bonds is 4. The fourth-order valence-corrected chi connectivity index (χ4v) is 1.76. The molecule has 1 aromatic heterocycles. The number of hydrazine groups is 1. The van der Waals surface area contributed by atoms with Crippen LogP contribution >= 0.6 is 11.3 Å². The van der Waals surface area contributed by atoms with Crippen LogP contribution in [0.15, 0.2) is 11.7 Å². The van der Waals surface area contributed by atoms with Gasteiger partial charge in [0.15, 0.2) is 0 Å². The van der Waals surface area contributed by atoms with Crippen molar-refractivity contribution in [3.8, 4) is 11.8 Å². The van der Waals surface area contributed by atoms with Gasteiger partial charge in [0.25, 0.3) is 0 Å². The molecule has 3 N–H and O–H groups in total. The quantitative estimate of drug-likeness (QED) is 0.434. The Morgan fingerprint density at radius 3 is 3.15 bits per heavy atom. The van der Waals surface area contributed by atoms with Crippen molar-refractivity contribution in [2.45, 2.75) is 25.8 Å². The molecule has 1 heterocycles. The number of nitrogens with zero attached hydrogens (tertiary/aromatic N) is 1. The van der Waals surface area contributed by atoms with Crippen molar-refractivity contribution in [2.75, 3.05) is 0 Å². The molecule has 4 heteroatoms. The molecule has 0 fully saturated rings. The maximum atomic E-state index is 5.43. The first kappa shape index (κ1) is 10.2. The van der Waals surface area contributed by atoms with Gasteiger partial charge in [-0.05, 0) is 13.3 Å². The molecule has 0 bridgehead atoms. The molecule has 1 atom stereocenters. The average molecular weight is 195 g/mol. The molecule has 0 spiro atoms. The van der Waals surface area contributed by atoms with Gasteiger partial charge in [0.1, 0.15) is 0 Å². The van der Waals surface area contributed by atoms with Crippen molar-refractivity contribution in [1.29, 1.82) is 0 Å². The van der Waals surface area contributed by atoms with E-state index in [9.17, 15) is 0 Å². The predicted octanol–water partition coefficient (Wildman–Crippen LogP) is 1.45. The Labute approximate surface area is 82.3 Å². The fourth-order valence-electron chi connectivity index (χ4n) is 1.05. The molecule has 0 radical (unpaired) electrons. The molecule has 1 aromatic rings. The van der Waals surface area contributed by atoms with Crippen molar-refractivity contribution in [3.05, 3.63) is 16.6 Å². The van der Waals surface area contributed by atoms with Crippen LogP contribution in [-0.4, -0.2) is 4.98 Å². The molecule has 0 aliphatic carbocycles. The number of nitrogens with two attached hydrogens (primary N) is 1. The minimum Gasteiger partial charge on any atom is -0.271 e. The van der Waals surface area contributed by atoms with Gasteiger partial charge in [-0.1, -0.05) is 0 Å². The zero-order valence-electron chi connectivity index (χ0n) is 7.58. The summed E-state index contributed by atoms with van der Waals surface area (Å²) >= 11 is 1.61. The topological polar surface area (TPSA) is 50.9 Å². The first-order valence-corrected chi connectivity index (χ1v) is 5.00. The standard InChI is InChI=1S/C9H13N3S/c1-2-3-4-5-8(12-10)9-6-11-7-13-9/h6-8,12H,4-5,10H2,1H3.